The number of furan rings is 2. The van der Waals surface area contributed by atoms with Crippen LogP contribution in [0.1, 0.15) is 0 Å². The minimum atomic E-state index is 0.909. The zero-order valence-electron chi connectivity index (χ0n) is 24.5. The van der Waals surface area contributed by atoms with E-state index in [0.717, 1.165) is 87.3 Å². The number of hydrogen-bond donors (Lipinski definition) is 0. The van der Waals surface area contributed by atoms with Crippen LogP contribution in [0.25, 0.3) is 93.6 Å². The van der Waals surface area contributed by atoms with Gasteiger partial charge in [0.2, 0.25) is 0 Å². The molecule has 7 aromatic carbocycles. The molecule has 46 heavy (non-hydrogen) atoms. The molecule has 0 amide bonds. The summed E-state index contributed by atoms with van der Waals surface area (Å²) in [4.78, 5) is 0. The average Bonchev–Trinajstić information content (AvgIpc) is 3.77. The van der Waals surface area contributed by atoms with Gasteiger partial charge in [0.1, 0.15) is 22.3 Å². The molecule has 0 radical (unpaired) electrons. The molecule has 0 fully saturated rings. The van der Waals surface area contributed by atoms with Crippen molar-refractivity contribution in [1.29, 1.82) is 0 Å². The van der Waals surface area contributed by atoms with Gasteiger partial charge in [-0.25, -0.2) is 0 Å². The summed E-state index contributed by atoms with van der Waals surface area (Å²) >= 11 is 3.73. The third-order valence-corrected chi connectivity index (χ3v) is 9.78. The van der Waals surface area contributed by atoms with Crippen LogP contribution in [0, 0.1) is 0 Å². The zero-order chi connectivity index (χ0) is 30.4. The molecule has 0 spiro atoms. The highest BCUT2D eigenvalue weighted by atomic mass is 79.9. The van der Waals surface area contributed by atoms with Crippen LogP contribution in [-0.2, 0) is 0 Å². The van der Waals surface area contributed by atoms with E-state index in [1.807, 2.05) is 24.3 Å². The second-order valence-electron chi connectivity index (χ2n) is 11.8. The molecular formula is C42H24BrNO2. The number of hydrogen-bond acceptors (Lipinski definition) is 2. The lowest BCUT2D eigenvalue weighted by molar-refractivity contribution is 0.669. The SMILES string of the molecule is Brc1ccc2c(c1)c1cc(-c3cccc4c3oc3ccccc34)ccc1n2-c1ccc(-c2cccc3c2oc2ccccc23)cc1. The molecule has 0 saturated carbocycles. The van der Waals surface area contributed by atoms with Gasteiger partial charge in [-0.1, -0.05) is 107 Å². The van der Waals surface area contributed by atoms with Gasteiger partial charge in [0, 0.05) is 53.6 Å². The van der Waals surface area contributed by atoms with Crippen LogP contribution < -0.4 is 0 Å². The number of para-hydroxylation sites is 4. The summed E-state index contributed by atoms with van der Waals surface area (Å²) in [6.07, 6.45) is 0. The fourth-order valence-electron chi connectivity index (χ4n) is 7.18. The Balaban J connectivity index is 1.14. The fourth-order valence-corrected chi connectivity index (χ4v) is 7.54. The van der Waals surface area contributed by atoms with Gasteiger partial charge in [-0.3, -0.25) is 0 Å². The van der Waals surface area contributed by atoms with Crippen LogP contribution in [0.5, 0.6) is 0 Å². The topological polar surface area (TPSA) is 31.2 Å². The maximum atomic E-state index is 6.40. The maximum absolute atomic E-state index is 6.40. The first-order chi connectivity index (χ1) is 22.7. The summed E-state index contributed by atoms with van der Waals surface area (Å²) < 4.78 is 16.2. The van der Waals surface area contributed by atoms with Gasteiger partial charge in [-0.05, 0) is 65.7 Å². The van der Waals surface area contributed by atoms with Crippen LogP contribution in [0.4, 0.5) is 0 Å². The monoisotopic (exact) mass is 653 g/mol. The summed E-state index contributed by atoms with van der Waals surface area (Å²) in [6.45, 7) is 0. The Morgan fingerprint density at radius 2 is 0.935 bits per heavy atom. The number of nitrogens with zero attached hydrogens (tertiary/aromatic N) is 1. The van der Waals surface area contributed by atoms with Gasteiger partial charge >= 0.3 is 0 Å². The first-order valence-corrected chi connectivity index (χ1v) is 16.2. The second-order valence-corrected chi connectivity index (χ2v) is 12.8. The number of benzene rings is 7. The van der Waals surface area contributed by atoms with Crippen molar-refractivity contribution in [2.24, 2.45) is 0 Å². The number of halogens is 1. The molecule has 0 N–H and O–H groups in total. The molecule has 0 aliphatic carbocycles. The molecule has 0 aliphatic rings. The molecule has 3 aromatic heterocycles. The Hall–Kier alpha value is -5.58. The van der Waals surface area contributed by atoms with E-state index in [-0.39, 0.29) is 0 Å². The Labute approximate surface area is 272 Å². The molecule has 3 heterocycles. The summed E-state index contributed by atoms with van der Waals surface area (Å²) in [7, 11) is 0. The Morgan fingerprint density at radius 1 is 0.413 bits per heavy atom. The molecule has 4 heteroatoms. The van der Waals surface area contributed by atoms with Gasteiger partial charge in [-0.15, -0.1) is 0 Å². The molecule has 3 nitrogen and oxygen atoms in total. The first-order valence-electron chi connectivity index (χ1n) is 15.4. The summed E-state index contributed by atoms with van der Waals surface area (Å²) in [6, 6.07) is 51.4. The van der Waals surface area contributed by atoms with Crippen molar-refractivity contribution in [3.8, 4) is 27.9 Å². The van der Waals surface area contributed by atoms with E-state index >= 15 is 0 Å². The van der Waals surface area contributed by atoms with Gasteiger partial charge in [0.15, 0.2) is 0 Å². The highest BCUT2D eigenvalue weighted by molar-refractivity contribution is 9.10. The van der Waals surface area contributed by atoms with Gasteiger partial charge < -0.3 is 13.4 Å². The first kappa shape index (κ1) is 25.7. The van der Waals surface area contributed by atoms with E-state index in [4.69, 9.17) is 8.83 Å². The Kier molecular flexibility index (Phi) is 5.43. The minimum absolute atomic E-state index is 0.909. The lowest BCUT2D eigenvalue weighted by atomic mass is 10.0. The normalized spacial score (nSPS) is 12.0. The van der Waals surface area contributed by atoms with Crippen LogP contribution in [0.3, 0.4) is 0 Å². The zero-order valence-corrected chi connectivity index (χ0v) is 26.1. The lowest BCUT2D eigenvalue weighted by Crippen LogP contribution is -1.94. The molecule has 10 rings (SSSR count). The summed E-state index contributed by atoms with van der Waals surface area (Å²) in [5.41, 5.74) is 11.5. The van der Waals surface area contributed by atoms with Crippen LogP contribution in [0.15, 0.2) is 159 Å². The van der Waals surface area contributed by atoms with Crippen molar-refractivity contribution in [2.45, 2.75) is 0 Å². The van der Waals surface area contributed by atoms with E-state index < -0.39 is 0 Å². The maximum Gasteiger partial charge on any atom is 0.143 e. The molecule has 0 aliphatic heterocycles. The van der Waals surface area contributed by atoms with Crippen molar-refractivity contribution in [2.75, 3.05) is 0 Å². The van der Waals surface area contributed by atoms with E-state index in [2.05, 4.69) is 142 Å². The van der Waals surface area contributed by atoms with Crippen LogP contribution in [0.2, 0.25) is 0 Å². The highest BCUT2D eigenvalue weighted by Crippen LogP contribution is 2.41. The molecule has 216 valence electrons. The lowest BCUT2D eigenvalue weighted by Gasteiger charge is -2.10. The average molecular weight is 655 g/mol. The van der Waals surface area contributed by atoms with Gasteiger partial charge in [-0.2, -0.15) is 0 Å². The van der Waals surface area contributed by atoms with Crippen molar-refractivity contribution in [3.63, 3.8) is 0 Å². The largest absolute Gasteiger partial charge is 0.455 e. The van der Waals surface area contributed by atoms with Crippen LogP contribution >= 0.6 is 15.9 Å². The van der Waals surface area contributed by atoms with Crippen molar-refractivity contribution >= 4 is 81.6 Å². The number of rotatable bonds is 3. The molecule has 0 unspecified atom stereocenters. The highest BCUT2D eigenvalue weighted by Gasteiger charge is 2.17. The Morgan fingerprint density at radius 3 is 1.59 bits per heavy atom. The van der Waals surface area contributed by atoms with E-state index in [1.165, 1.54) is 10.8 Å². The van der Waals surface area contributed by atoms with Gasteiger partial charge in [0.05, 0.1) is 11.0 Å². The van der Waals surface area contributed by atoms with Crippen molar-refractivity contribution < 1.29 is 8.83 Å². The quantitative estimate of drug-likeness (QED) is 0.190. The number of fused-ring (bicyclic) bond motifs is 9. The third-order valence-electron chi connectivity index (χ3n) is 9.28. The molecule has 0 saturated heterocycles. The summed E-state index contributed by atoms with van der Waals surface area (Å²) in [5.74, 6) is 0. The van der Waals surface area contributed by atoms with Crippen LogP contribution in [-0.4, -0.2) is 4.57 Å². The smallest absolute Gasteiger partial charge is 0.143 e. The number of aromatic nitrogens is 1. The van der Waals surface area contributed by atoms with E-state index in [1.54, 1.807) is 0 Å². The van der Waals surface area contributed by atoms with Gasteiger partial charge in [0.25, 0.3) is 0 Å². The predicted octanol–water partition coefficient (Wildman–Crippen LogP) is 12.7. The Bertz CT molecular complexity index is 2820. The molecule has 0 bridgehead atoms. The van der Waals surface area contributed by atoms with Crippen molar-refractivity contribution in [1.82, 2.24) is 4.57 Å². The standard InChI is InChI=1S/C42H24BrNO2/c43-27-18-22-38-36(24-27)35-23-26(30-10-6-12-34-32-8-2-4-14-40(32)46-42(30)34)17-21-37(35)44(38)28-19-15-25(16-20-28)29-9-5-11-33-31-7-1-3-13-39(31)45-41(29)33/h1-24H. The predicted molar refractivity (Wildman–Crippen MR) is 194 cm³/mol. The summed E-state index contributed by atoms with van der Waals surface area (Å²) in [5, 5.41) is 6.94. The molecule has 0 atom stereocenters. The fraction of sp³-hybridized carbons (Fsp3) is 0. The second kappa shape index (κ2) is 9.71. The minimum Gasteiger partial charge on any atom is -0.455 e. The third kappa shape index (κ3) is 3.71. The molecule has 10 aromatic rings. The molecular weight excluding hydrogens is 630 g/mol. The van der Waals surface area contributed by atoms with Crippen molar-refractivity contribution in [3.05, 3.63) is 150 Å². The van der Waals surface area contributed by atoms with E-state index in [9.17, 15) is 0 Å². The van der Waals surface area contributed by atoms with E-state index in [0.29, 0.717) is 0 Å².